The highest BCUT2D eigenvalue weighted by atomic mass is 15.2. The van der Waals surface area contributed by atoms with E-state index in [1.54, 1.807) is 11.9 Å². The molecule has 1 aliphatic rings. The molecule has 3 nitrogen and oxygen atoms in total. The SMILES string of the molecule is CN1C(=N)c2cc3ccc(C(C)(C)C)cc3cc2C1=N. The van der Waals surface area contributed by atoms with E-state index >= 15 is 0 Å². The Kier molecular flexibility index (Phi) is 2.52. The van der Waals surface area contributed by atoms with Gasteiger partial charge < -0.3 is 4.90 Å². The first kappa shape index (κ1) is 12.9. The van der Waals surface area contributed by atoms with Crippen LogP contribution in [0, 0.1) is 10.8 Å². The van der Waals surface area contributed by atoms with E-state index in [1.165, 1.54) is 5.56 Å². The molecular weight excluding hydrogens is 246 g/mol. The Morgan fingerprint density at radius 3 is 1.95 bits per heavy atom. The van der Waals surface area contributed by atoms with Crippen molar-refractivity contribution in [3.8, 4) is 0 Å². The van der Waals surface area contributed by atoms with Crippen LogP contribution in [0.15, 0.2) is 30.3 Å². The predicted molar refractivity (Wildman–Crippen MR) is 84.1 cm³/mol. The Balaban J connectivity index is 2.26. The molecule has 0 saturated carbocycles. The molecule has 3 heteroatoms. The molecule has 1 aliphatic heterocycles. The summed E-state index contributed by atoms with van der Waals surface area (Å²) < 4.78 is 0. The van der Waals surface area contributed by atoms with Crippen LogP contribution >= 0.6 is 0 Å². The standard InChI is InChI=1S/C17H19N3/c1-17(2,3)12-6-5-10-8-13-14(9-11(10)7-12)16(19)20(4)15(13)18/h5-9,18-19H,1-4H3. The second-order valence-electron chi connectivity index (χ2n) is 6.47. The molecule has 0 aromatic heterocycles. The molecule has 0 amide bonds. The predicted octanol–water partition coefficient (Wildman–Crippen LogP) is 3.73. The smallest absolute Gasteiger partial charge is 0.134 e. The highest BCUT2D eigenvalue weighted by Crippen LogP contribution is 2.30. The van der Waals surface area contributed by atoms with Crippen molar-refractivity contribution in [2.45, 2.75) is 26.2 Å². The lowest BCUT2D eigenvalue weighted by atomic mass is 9.85. The summed E-state index contributed by atoms with van der Waals surface area (Å²) in [7, 11) is 1.77. The number of benzene rings is 2. The number of fused-ring (bicyclic) bond motifs is 2. The van der Waals surface area contributed by atoms with Crippen molar-refractivity contribution in [2.24, 2.45) is 0 Å². The Hall–Kier alpha value is -2.16. The molecule has 20 heavy (non-hydrogen) atoms. The van der Waals surface area contributed by atoms with E-state index in [0.717, 1.165) is 21.9 Å². The highest BCUT2D eigenvalue weighted by molar-refractivity contribution is 6.24. The minimum absolute atomic E-state index is 0.115. The van der Waals surface area contributed by atoms with Gasteiger partial charge in [-0.15, -0.1) is 0 Å². The van der Waals surface area contributed by atoms with Gasteiger partial charge in [-0.1, -0.05) is 39.0 Å². The summed E-state index contributed by atoms with van der Waals surface area (Å²) in [5, 5.41) is 18.4. The van der Waals surface area contributed by atoms with Gasteiger partial charge in [-0.25, -0.2) is 0 Å². The van der Waals surface area contributed by atoms with E-state index in [1.807, 2.05) is 12.1 Å². The fourth-order valence-electron chi connectivity index (χ4n) is 2.63. The quantitative estimate of drug-likeness (QED) is 0.749. The minimum atomic E-state index is 0.115. The summed E-state index contributed by atoms with van der Waals surface area (Å²) in [6.45, 7) is 6.60. The van der Waals surface area contributed by atoms with Gasteiger partial charge in [-0.05, 0) is 33.9 Å². The summed E-state index contributed by atoms with van der Waals surface area (Å²) in [6, 6.07) is 10.5. The van der Waals surface area contributed by atoms with Crippen LogP contribution in [0.3, 0.4) is 0 Å². The fraction of sp³-hybridized carbons (Fsp3) is 0.294. The van der Waals surface area contributed by atoms with Crippen molar-refractivity contribution in [2.75, 3.05) is 7.05 Å². The molecule has 0 fully saturated rings. The van der Waals surface area contributed by atoms with Gasteiger partial charge >= 0.3 is 0 Å². The second kappa shape index (κ2) is 3.92. The number of nitrogens with one attached hydrogen (secondary N) is 2. The van der Waals surface area contributed by atoms with Crippen molar-refractivity contribution in [3.63, 3.8) is 0 Å². The van der Waals surface area contributed by atoms with Crippen molar-refractivity contribution in [1.82, 2.24) is 4.90 Å². The average molecular weight is 265 g/mol. The summed E-state index contributed by atoms with van der Waals surface area (Å²) in [4.78, 5) is 1.62. The van der Waals surface area contributed by atoms with Gasteiger partial charge in [0.1, 0.15) is 11.7 Å². The van der Waals surface area contributed by atoms with Crippen LogP contribution in [0.4, 0.5) is 0 Å². The monoisotopic (exact) mass is 265 g/mol. The van der Waals surface area contributed by atoms with E-state index in [4.69, 9.17) is 10.8 Å². The molecule has 0 spiro atoms. The molecule has 0 atom stereocenters. The maximum Gasteiger partial charge on any atom is 0.134 e. The molecule has 1 heterocycles. The second-order valence-corrected chi connectivity index (χ2v) is 6.47. The van der Waals surface area contributed by atoms with Gasteiger partial charge in [0.15, 0.2) is 0 Å². The fourth-order valence-corrected chi connectivity index (χ4v) is 2.63. The molecule has 2 aromatic carbocycles. The first-order valence-electron chi connectivity index (χ1n) is 6.79. The minimum Gasteiger partial charge on any atom is -0.314 e. The summed E-state index contributed by atoms with van der Waals surface area (Å²) in [5.74, 6) is 0.819. The van der Waals surface area contributed by atoms with Crippen LogP contribution in [0.2, 0.25) is 0 Å². The van der Waals surface area contributed by atoms with Gasteiger partial charge in [0.05, 0.1) is 0 Å². The summed E-state index contributed by atoms with van der Waals surface area (Å²) in [6.07, 6.45) is 0. The maximum absolute atomic E-state index is 8.10. The highest BCUT2D eigenvalue weighted by Gasteiger charge is 2.27. The molecule has 0 saturated heterocycles. The van der Waals surface area contributed by atoms with E-state index in [-0.39, 0.29) is 5.41 Å². The third-order valence-corrected chi connectivity index (χ3v) is 4.02. The topological polar surface area (TPSA) is 50.9 Å². The largest absolute Gasteiger partial charge is 0.314 e. The lowest BCUT2D eigenvalue weighted by Gasteiger charge is -2.19. The molecular formula is C17H19N3. The molecule has 2 aromatic rings. The number of hydrogen-bond acceptors (Lipinski definition) is 2. The van der Waals surface area contributed by atoms with Gasteiger partial charge in [0.2, 0.25) is 0 Å². The molecule has 0 unspecified atom stereocenters. The Morgan fingerprint density at radius 2 is 1.40 bits per heavy atom. The van der Waals surface area contributed by atoms with Gasteiger partial charge in [-0.3, -0.25) is 10.8 Å². The molecule has 0 radical (unpaired) electrons. The summed E-state index contributed by atoms with van der Waals surface area (Å²) in [5.41, 5.74) is 3.12. The number of rotatable bonds is 0. The van der Waals surface area contributed by atoms with Crippen molar-refractivity contribution < 1.29 is 0 Å². The Labute approximate surface area is 119 Å². The van der Waals surface area contributed by atoms with Crippen molar-refractivity contribution >= 4 is 22.4 Å². The Bertz CT molecular complexity index is 751. The zero-order valence-corrected chi connectivity index (χ0v) is 12.3. The van der Waals surface area contributed by atoms with E-state index in [2.05, 4.69) is 39.0 Å². The zero-order valence-electron chi connectivity index (χ0n) is 12.3. The van der Waals surface area contributed by atoms with Crippen LogP contribution in [0.5, 0.6) is 0 Å². The van der Waals surface area contributed by atoms with E-state index < -0.39 is 0 Å². The lowest BCUT2D eigenvalue weighted by Crippen LogP contribution is -2.24. The van der Waals surface area contributed by atoms with Crippen molar-refractivity contribution in [1.29, 1.82) is 10.8 Å². The molecule has 3 rings (SSSR count). The van der Waals surface area contributed by atoms with Gasteiger partial charge in [0.25, 0.3) is 0 Å². The number of amidine groups is 2. The summed E-state index contributed by atoms with van der Waals surface area (Å²) >= 11 is 0. The van der Waals surface area contributed by atoms with Crippen LogP contribution < -0.4 is 0 Å². The average Bonchev–Trinajstić information content (AvgIpc) is 2.60. The van der Waals surface area contributed by atoms with Crippen LogP contribution in [-0.4, -0.2) is 23.6 Å². The third kappa shape index (κ3) is 1.73. The lowest BCUT2D eigenvalue weighted by molar-refractivity contribution is 0.591. The van der Waals surface area contributed by atoms with Crippen LogP contribution in [0.1, 0.15) is 37.5 Å². The van der Waals surface area contributed by atoms with Crippen LogP contribution in [-0.2, 0) is 5.41 Å². The zero-order chi connectivity index (χ0) is 14.7. The molecule has 0 aliphatic carbocycles. The first-order chi connectivity index (χ1) is 9.29. The van der Waals surface area contributed by atoms with E-state index in [9.17, 15) is 0 Å². The third-order valence-electron chi connectivity index (χ3n) is 4.02. The molecule has 0 bridgehead atoms. The van der Waals surface area contributed by atoms with Crippen molar-refractivity contribution in [3.05, 3.63) is 47.0 Å². The van der Waals surface area contributed by atoms with Gasteiger partial charge in [0, 0.05) is 18.2 Å². The first-order valence-corrected chi connectivity index (χ1v) is 6.79. The normalized spacial score (nSPS) is 15.1. The van der Waals surface area contributed by atoms with Gasteiger partial charge in [-0.2, -0.15) is 0 Å². The number of hydrogen-bond donors (Lipinski definition) is 2. The Morgan fingerprint density at radius 1 is 0.850 bits per heavy atom. The molecule has 102 valence electrons. The maximum atomic E-state index is 8.10. The van der Waals surface area contributed by atoms with E-state index in [0.29, 0.717) is 11.7 Å². The van der Waals surface area contributed by atoms with Crippen LogP contribution in [0.25, 0.3) is 10.8 Å². The number of nitrogens with zero attached hydrogens (tertiary/aromatic N) is 1. The molecule has 2 N–H and O–H groups in total.